The lowest BCUT2D eigenvalue weighted by atomic mass is 10.2. The molecular weight excluding hydrogens is 252 g/mol. The van der Waals surface area contributed by atoms with E-state index in [1.165, 1.54) is 25.7 Å². The van der Waals surface area contributed by atoms with Crippen LogP contribution in [0.2, 0.25) is 0 Å². The van der Waals surface area contributed by atoms with Gasteiger partial charge in [0.05, 0.1) is 25.5 Å². The number of methoxy groups -OCH3 is 1. The number of benzene rings is 1. The molecule has 0 N–H and O–H groups in total. The summed E-state index contributed by atoms with van der Waals surface area (Å²) in [4.78, 5) is 0. The maximum Gasteiger partial charge on any atom is 0.157 e. The van der Waals surface area contributed by atoms with Gasteiger partial charge in [-0.3, -0.25) is 4.68 Å². The van der Waals surface area contributed by atoms with Crippen LogP contribution in [0, 0.1) is 0 Å². The van der Waals surface area contributed by atoms with Gasteiger partial charge in [0.15, 0.2) is 5.75 Å². The van der Waals surface area contributed by atoms with Crippen LogP contribution in [0.4, 0.5) is 0 Å². The molecule has 4 heteroatoms. The van der Waals surface area contributed by atoms with Crippen molar-refractivity contribution in [2.24, 2.45) is 0 Å². The van der Waals surface area contributed by atoms with Gasteiger partial charge >= 0.3 is 0 Å². The van der Waals surface area contributed by atoms with Gasteiger partial charge in [0.1, 0.15) is 12.4 Å². The molecule has 20 heavy (non-hydrogen) atoms. The topological polar surface area (TPSA) is 36.3 Å². The van der Waals surface area contributed by atoms with Crippen LogP contribution in [0.3, 0.4) is 0 Å². The van der Waals surface area contributed by atoms with Gasteiger partial charge in [-0.2, -0.15) is 5.10 Å². The quantitative estimate of drug-likeness (QED) is 0.834. The standard InChI is InChI=1S/C16H20N2O2/c1-19-15-8-4-5-13(9-15)12-20-16-10-17-18(11-16)14-6-2-3-7-14/h4-5,8-11,14H,2-3,6-7,12H2,1H3. The molecule has 1 aromatic heterocycles. The average Bonchev–Trinajstić information content (AvgIpc) is 3.16. The first kappa shape index (κ1) is 13.0. The molecule has 2 aromatic rings. The molecule has 1 aliphatic carbocycles. The molecule has 0 radical (unpaired) electrons. The number of hydrogen-bond donors (Lipinski definition) is 0. The molecule has 1 heterocycles. The molecule has 0 bridgehead atoms. The summed E-state index contributed by atoms with van der Waals surface area (Å²) in [6.07, 6.45) is 8.90. The molecule has 0 aliphatic heterocycles. The van der Waals surface area contributed by atoms with Crippen molar-refractivity contribution in [3.8, 4) is 11.5 Å². The summed E-state index contributed by atoms with van der Waals surface area (Å²) < 4.78 is 13.0. The van der Waals surface area contributed by atoms with Crippen LogP contribution in [-0.4, -0.2) is 16.9 Å². The third kappa shape index (κ3) is 2.95. The highest BCUT2D eigenvalue weighted by molar-refractivity contribution is 5.28. The maximum absolute atomic E-state index is 5.79. The normalized spacial score (nSPS) is 15.4. The molecule has 1 aromatic carbocycles. The fraction of sp³-hybridized carbons (Fsp3) is 0.438. The number of aromatic nitrogens is 2. The Labute approximate surface area is 119 Å². The third-order valence-electron chi connectivity index (χ3n) is 3.82. The van der Waals surface area contributed by atoms with Crippen molar-refractivity contribution in [3.63, 3.8) is 0 Å². The maximum atomic E-state index is 5.79. The minimum absolute atomic E-state index is 0.535. The van der Waals surface area contributed by atoms with Crippen molar-refractivity contribution in [2.45, 2.75) is 38.3 Å². The fourth-order valence-corrected chi connectivity index (χ4v) is 2.69. The van der Waals surface area contributed by atoms with Crippen LogP contribution < -0.4 is 9.47 Å². The summed E-state index contributed by atoms with van der Waals surface area (Å²) in [6, 6.07) is 8.48. The monoisotopic (exact) mass is 272 g/mol. The van der Waals surface area contributed by atoms with Gasteiger partial charge in [-0.15, -0.1) is 0 Å². The Balaban J connectivity index is 1.60. The molecule has 106 valence electrons. The first-order valence-electron chi connectivity index (χ1n) is 7.15. The van der Waals surface area contributed by atoms with E-state index in [0.29, 0.717) is 12.6 Å². The van der Waals surface area contributed by atoms with E-state index in [-0.39, 0.29) is 0 Å². The van der Waals surface area contributed by atoms with E-state index in [9.17, 15) is 0 Å². The van der Waals surface area contributed by atoms with Crippen molar-refractivity contribution >= 4 is 0 Å². The highest BCUT2D eigenvalue weighted by Gasteiger charge is 2.17. The Morgan fingerprint density at radius 1 is 1.25 bits per heavy atom. The van der Waals surface area contributed by atoms with E-state index in [0.717, 1.165) is 17.1 Å². The van der Waals surface area contributed by atoms with Gasteiger partial charge in [-0.25, -0.2) is 0 Å². The van der Waals surface area contributed by atoms with Gasteiger partial charge in [0.2, 0.25) is 0 Å². The third-order valence-corrected chi connectivity index (χ3v) is 3.82. The van der Waals surface area contributed by atoms with E-state index >= 15 is 0 Å². The fourth-order valence-electron chi connectivity index (χ4n) is 2.69. The smallest absolute Gasteiger partial charge is 0.157 e. The first-order chi connectivity index (χ1) is 9.85. The molecule has 0 spiro atoms. The second-order valence-corrected chi connectivity index (χ2v) is 5.23. The zero-order valence-electron chi connectivity index (χ0n) is 11.8. The lowest BCUT2D eigenvalue weighted by Crippen LogP contribution is -2.04. The molecular formula is C16H20N2O2. The van der Waals surface area contributed by atoms with E-state index in [4.69, 9.17) is 9.47 Å². The summed E-state index contributed by atoms with van der Waals surface area (Å²) in [5, 5.41) is 4.41. The summed E-state index contributed by atoms with van der Waals surface area (Å²) >= 11 is 0. The zero-order valence-corrected chi connectivity index (χ0v) is 11.8. The van der Waals surface area contributed by atoms with E-state index in [2.05, 4.69) is 5.10 Å². The van der Waals surface area contributed by atoms with Crippen LogP contribution in [0.15, 0.2) is 36.7 Å². The highest BCUT2D eigenvalue weighted by Crippen LogP contribution is 2.29. The molecule has 4 nitrogen and oxygen atoms in total. The van der Waals surface area contributed by atoms with Crippen molar-refractivity contribution in [2.75, 3.05) is 7.11 Å². The molecule has 0 atom stereocenters. The second kappa shape index (κ2) is 5.99. The van der Waals surface area contributed by atoms with Gasteiger partial charge < -0.3 is 9.47 Å². The lowest BCUT2D eigenvalue weighted by molar-refractivity contribution is 0.304. The molecule has 1 aliphatic rings. The molecule has 0 saturated heterocycles. The van der Waals surface area contributed by atoms with Crippen LogP contribution in [0.5, 0.6) is 11.5 Å². The molecule has 1 saturated carbocycles. The Bertz CT molecular complexity index is 559. The SMILES string of the molecule is COc1cccc(COc2cnn(C3CCCC3)c2)c1. The van der Waals surface area contributed by atoms with Crippen molar-refractivity contribution in [3.05, 3.63) is 42.2 Å². The zero-order chi connectivity index (χ0) is 13.8. The van der Waals surface area contributed by atoms with Crippen LogP contribution >= 0.6 is 0 Å². The predicted octanol–water partition coefficient (Wildman–Crippen LogP) is 3.59. The van der Waals surface area contributed by atoms with Gasteiger partial charge in [-0.1, -0.05) is 25.0 Å². The highest BCUT2D eigenvalue weighted by atomic mass is 16.5. The van der Waals surface area contributed by atoms with E-state index < -0.39 is 0 Å². The number of rotatable bonds is 5. The Hall–Kier alpha value is -1.97. The van der Waals surface area contributed by atoms with Crippen LogP contribution in [0.1, 0.15) is 37.3 Å². The molecule has 3 rings (SSSR count). The van der Waals surface area contributed by atoms with E-state index in [1.807, 2.05) is 35.1 Å². The van der Waals surface area contributed by atoms with Crippen LogP contribution in [0.25, 0.3) is 0 Å². The number of hydrogen-bond acceptors (Lipinski definition) is 3. The average molecular weight is 272 g/mol. The van der Waals surface area contributed by atoms with Crippen molar-refractivity contribution < 1.29 is 9.47 Å². The number of ether oxygens (including phenoxy) is 2. The summed E-state index contributed by atoms with van der Waals surface area (Å²) in [6.45, 7) is 0.535. The predicted molar refractivity (Wildman–Crippen MR) is 77.1 cm³/mol. The van der Waals surface area contributed by atoms with Gasteiger partial charge in [-0.05, 0) is 30.5 Å². The molecule has 0 unspecified atom stereocenters. The Morgan fingerprint density at radius 2 is 2.10 bits per heavy atom. The van der Waals surface area contributed by atoms with Gasteiger partial charge in [0, 0.05) is 0 Å². The van der Waals surface area contributed by atoms with Crippen LogP contribution in [-0.2, 0) is 6.61 Å². The van der Waals surface area contributed by atoms with Gasteiger partial charge in [0.25, 0.3) is 0 Å². The summed E-state index contributed by atoms with van der Waals surface area (Å²) in [5.74, 6) is 1.69. The summed E-state index contributed by atoms with van der Waals surface area (Å²) in [5.41, 5.74) is 1.10. The Kier molecular flexibility index (Phi) is 3.90. The first-order valence-corrected chi connectivity index (χ1v) is 7.15. The summed E-state index contributed by atoms with van der Waals surface area (Å²) in [7, 11) is 1.67. The van der Waals surface area contributed by atoms with E-state index in [1.54, 1.807) is 13.3 Å². The largest absolute Gasteiger partial charge is 0.497 e. The second-order valence-electron chi connectivity index (χ2n) is 5.23. The minimum atomic E-state index is 0.535. The molecule has 0 amide bonds. The lowest BCUT2D eigenvalue weighted by Gasteiger charge is -2.08. The Morgan fingerprint density at radius 3 is 2.90 bits per heavy atom. The van der Waals surface area contributed by atoms with Crippen molar-refractivity contribution in [1.82, 2.24) is 9.78 Å². The molecule has 1 fully saturated rings. The minimum Gasteiger partial charge on any atom is -0.497 e. The number of nitrogens with zero attached hydrogens (tertiary/aromatic N) is 2. The van der Waals surface area contributed by atoms with Crippen molar-refractivity contribution in [1.29, 1.82) is 0 Å².